The number of alkyl halides is 3. The zero-order chi connectivity index (χ0) is 22.5. The first-order valence-electron chi connectivity index (χ1n) is 10.1. The fraction of sp³-hybridized carbons (Fsp3) is 0.391. The smallest absolute Gasteiger partial charge is 0.416 e. The molecule has 0 aliphatic carbocycles. The predicted molar refractivity (Wildman–Crippen MR) is 108 cm³/mol. The van der Waals surface area contributed by atoms with Crippen LogP contribution in [0.3, 0.4) is 0 Å². The highest BCUT2D eigenvalue weighted by atomic mass is 19.4. The summed E-state index contributed by atoms with van der Waals surface area (Å²) in [5, 5.41) is 14.0. The number of unbranched alkanes of at least 4 members (excludes halogenated alkanes) is 1. The molecule has 2 unspecified atom stereocenters. The molecule has 0 bridgehead atoms. The molecule has 0 amide bonds. The zero-order valence-corrected chi connectivity index (χ0v) is 17.1. The Balaban J connectivity index is 1.93. The lowest BCUT2D eigenvalue weighted by molar-refractivity contribution is -0.187. The summed E-state index contributed by atoms with van der Waals surface area (Å²) in [6.45, 7) is 2.07. The van der Waals surface area contributed by atoms with E-state index in [9.17, 15) is 23.1 Å². The summed E-state index contributed by atoms with van der Waals surface area (Å²) < 4.78 is 45.0. The van der Waals surface area contributed by atoms with Gasteiger partial charge in [0.25, 0.3) is 5.60 Å². The Morgan fingerprint density at radius 3 is 2.45 bits per heavy atom. The van der Waals surface area contributed by atoms with Crippen LogP contribution in [0.1, 0.15) is 55.4 Å². The summed E-state index contributed by atoms with van der Waals surface area (Å²) in [7, 11) is 0. The Morgan fingerprint density at radius 2 is 1.87 bits per heavy atom. The standard InChI is InChI=1S/C23H24F3NO4/c1-2-3-9-19-14-22(21(28)29,31-27-19)20(30-15-16-7-5-4-6-8-16)17-10-12-18(13-11-17)23(24,25)26/h4-8,10-13,20H,2-3,9,14-15H2,1H3,(H,28,29). The molecule has 2 aromatic rings. The number of oxime groups is 1. The van der Waals surface area contributed by atoms with Crippen molar-refractivity contribution in [2.75, 3.05) is 0 Å². The van der Waals surface area contributed by atoms with E-state index in [1.54, 1.807) is 0 Å². The van der Waals surface area contributed by atoms with Crippen LogP contribution in [0, 0.1) is 0 Å². The van der Waals surface area contributed by atoms with Crippen molar-refractivity contribution in [3.8, 4) is 0 Å². The maximum absolute atomic E-state index is 13.0. The molecule has 1 N–H and O–H groups in total. The summed E-state index contributed by atoms with van der Waals surface area (Å²) in [6.07, 6.45) is -3.33. The van der Waals surface area contributed by atoms with Gasteiger partial charge in [-0.15, -0.1) is 0 Å². The van der Waals surface area contributed by atoms with Crippen molar-refractivity contribution in [2.45, 2.75) is 57.1 Å². The van der Waals surface area contributed by atoms with E-state index in [2.05, 4.69) is 5.16 Å². The third kappa shape index (κ3) is 5.25. The van der Waals surface area contributed by atoms with Crippen molar-refractivity contribution < 1.29 is 32.6 Å². The molecule has 5 nitrogen and oxygen atoms in total. The van der Waals surface area contributed by atoms with E-state index in [4.69, 9.17) is 9.57 Å². The van der Waals surface area contributed by atoms with Crippen LogP contribution in [-0.4, -0.2) is 22.4 Å². The molecule has 1 heterocycles. The van der Waals surface area contributed by atoms with Crippen molar-refractivity contribution in [1.82, 2.24) is 0 Å². The molecule has 8 heteroatoms. The number of hydrogen-bond donors (Lipinski definition) is 1. The number of nitrogens with zero attached hydrogens (tertiary/aromatic N) is 1. The first-order chi connectivity index (χ1) is 14.8. The highest BCUT2D eigenvalue weighted by molar-refractivity contribution is 5.93. The third-order valence-electron chi connectivity index (χ3n) is 5.21. The summed E-state index contributed by atoms with van der Waals surface area (Å²) >= 11 is 0. The van der Waals surface area contributed by atoms with E-state index in [1.165, 1.54) is 12.1 Å². The van der Waals surface area contributed by atoms with Crippen LogP contribution in [0.2, 0.25) is 0 Å². The maximum atomic E-state index is 13.0. The number of hydrogen-bond acceptors (Lipinski definition) is 4. The number of carbonyl (C=O) groups is 1. The molecule has 166 valence electrons. The lowest BCUT2D eigenvalue weighted by Gasteiger charge is -2.31. The van der Waals surface area contributed by atoms with Gasteiger partial charge in [0.1, 0.15) is 6.10 Å². The van der Waals surface area contributed by atoms with Gasteiger partial charge in [0.05, 0.1) is 17.9 Å². The topological polar surface area (TPSA) is 68.1 Å². The molecule has 31 heavy (non-hydrogen) atoms. The number of aliphatic carboxylic acids is 1. The van der Waals surface area contributed by atoms with Gasteiger partial charge in [0, 0.05) is 6.42 Å². The van der Waals surface area contributed by atoms with Gasteiger partial charge in [-0.2, -0.15) is 13.2 Å². The quantitative estimate of drug-likeness (QED) is 0.544. The molecule has 2 aromatic carbocycles. The molecule has 0 fully saturated rings. The van der Waals surface area contributed by atoms with Crippen molar-refractivity contribution in [3.63, 3.8) is 0 Å². The Morgan fingerprint density at radius 1 is 1.19 bits per heavy atom. The molecule has 0 saturated carbocycles. The fourth-order valence-corrected chi connectivity index (χ4v) is 3.50. The van der Waals surface area contributed by atoms with Gasteiger partial charge in [-0.3, -0.25) is 0 Å². The van der Waals surface area contributed by atoms with Crippen LogP contribution in [0.15, 0.2) is 59.8 Å². The monoisotopic (exact) mass is 435 g/mol. The van der Waals surface area contributed by atoms with Gasteiger partial charge in [-0.25, -0.2) is 4.79 Å². The molecule has 0 spiro atoms. The second-order valence-electron chi connectivity index (χ2n) is 7.52. The van der Waals surface area contributed by atoms with Crippen LogP contribution in [0.4, 0.5) is 13.2 Å². The lowest BCUT2D eigenvalue weighted by Crippen LogP contribution is -2.46. The maximum Gasteiger partial charge on any atom is 0.416 e. The summed E-state index contributed by atoms with van der Waals surface area (Å²) in [6, 6.07) is 13.4. The molecule has 0 saturated heterocycles. The Kier molecular flexibility index (Phi) is 7.00. The average Bonchev–Trinajstić information content (AvgIpc) is 3.18. The highest BCUT2D eigenvalue weighted by Crippen LogP contribution is 2.42. The van der Waals surface area contributed by atoms with Gasteiger partial charge < -0.3 is 14.7 Å². The largest absolute Gasteiger partial charge is 0.478 e. The van der Waals surface area contributed by atoms with Crippen LogP contribution in [0.25, 0.3) is 0 Å². The Hall–Kier alpha value is -2.87. The molecule has 0 aromatic heterocycles. The Bertz CT molecular complexity index is 913. The minimum Gasteiger partial charge on any atom is -0.478 e. The summed E-state index contributed by atoms with van der Waals surface area (Å²) in [5.41, 5.74) is -1.00. The third-order valence-corrected chi connectivity index (χ3v) is 5.21. The summed E-state index contributed by atoms with van der Waals surface area (Å²) in [5.74, 6) is -1.28. The van der Waals surface area contributed by atoms with Gasteiger partial charge in [0.15, 0.2) is 0 Å². The van der Waals surface area contributed by atoms with Crippen molar-refractivity contribution in [2.24, 2.45) is 5.16 Å². The SMILES string of the molecule is CCCCC1=NOC(C(=O)O)(C(OCc2ccccc2)c2ccc(C(F)(F)F)cc2)C1. The lowest BCUT2D eigenvalue weighted by atomic mass is 9.85. The molecular weight excluding hydrogens is 411 g/mol. The zero-order valence-electron chi connectivity index (χ0n) is 17.1. The average molecular weight is 435 g/mol. The summed E-state index contributed by atoms with van der Waals surface area (Å²) in [4.78, 5) is 17.8. The first-order valence-corrected chi connectivity index (χ1v) is 10.1. The second-order valence-corrected chi connectivity index (χ2v) is 7.52. The van der Waals surface area contributed by atoms with Crippen molar-refractivity contribution in [1.29, 1.82) is 0 Å². The fourth-order valence-electron chi connectivity index (χ4n) is 3.50. The molecule has 1 aliphatic heterocycles. The van der Waals surface area contributed by atoms with Gasteiger partial charge in [-0.05, 0) is 36.1 Å². The van der Waals surface area contributed by atoms with E-state index in [1.807, 2.05) is 37.3 Å². The molecule has 2 atom stereocenters. The van der Waals surface area contributed by atoms with Crippen LogP contribution < -0.4 is 0 Å². The minimum absolute atomic E-state index is 0.00279. The van der Waals surface area contributed by atoms with Crippen LogP contribution >= 0.6 is 0 Å². The van der Waals surface area contributed by atoms with Gasteiger partial charge in [0.2, 0.25) is 0 Å². The first kappa shape index (κ1) is 22.8. The van der Waals surface area contributed by atoms with Crippen molar-refractivity contribution >= 4 is 11.7 Å². The van der Waals surface area contributed by atoms with Gasteiger partial charge >= 0.3 is 12.1 Å². The molecule has 1 aliphatic rings. The molecular formula is C23H24F3NO4. The van der Waals surface area contributed by atoms with E-state index in [0.29, 0.717) is 12.1 Å². The number of carboxylic acid groups (broad SMARTS) is 1. The normalized spacial score (nSPS) is 19.5. The highest BCUT2D eigenvalue weighted by Gasteiger charge is 2.54. The second kappa shape index (κ2) is 9.51. The number of halogens is 3. The van der Waals surface area contributed by atoms with E-state index >= 15 is 0 Å². The van der Waals surface area contributed by atoms with Crippen LogP contribution in [0.5, 0.6) is 0 Å². The molecule has 0 radical (unpaired) electrons. The predicted octanol–water partition coefficient (Wildman–Crippen LogP) is 5.75. The van der Waals surface area contributed by atoms with Gasteiger partial charge in [-0.1, -0.05) is 61.0 Å². The minimum atomic E-state index is -4.50. The van der Waals surface area contributed by atoms with Crippen LogP contribution in [-0.2, 0) is 27.2 Å². The molecule has 3 rings (SSSR count). The number of benzene rings is 2. The number of carboxylic acids is 1. The number of rotatable bonds is 9. The van der Waals surface area contributed by atoms with Crippen molar-refractivity contribution in [3.05, 3.63) is 71.3 Å². The number of ether oxygens (including phenoxy) is 1. The van der Waals surface area contributed by atoms with E-state index < -0.39 is 29.4 Å². The van der Waals surface area contributed by atoms with E-state index in [0.717, 1.165) is 30.5 Å². The van der Waals surface area contributed by atoms with E-state index in [-0.39, 0.29) is 18.6 Å². The Labute approximate surface area is 178 Å².